The number of halogens is 1. The summed E-state index contributed by atoms with van der Waals surface area (Å²) < 4.78 is 1.14. The predicted molar refractivity (Wildman–Crippen MR) is 67.5 cm³/mol. The van der Waals surface area contributed by atoms with Gasteiger partial charge < -0.3 is 5.32 Å². The SMILES string of the molecule is CCC(C1=NCCN1)c1cccc(Br)c1. The molecule has 0 radical (unpaired) electrons. The van der Waals surface area contributed by atoms with E-state index in [1.807, 2.05) is 0 Å². The Morgan fingerprint density at radius 3 is 3.00 bits per heavy atom. The topological polar surface area (TPSA) is 24.4 Å². The van der Waals surface area contributed by atoms with Gasteiger partial charge in [0.05, 0.1) is 6.54 Å². The summed E-state index contributed by atoms with van der Waals surface area (Å²) in [5, 5.41) is 3.36. The molecule has 1 aliphatic heterocycles. The van der Waals surface area contributed by atoms with E-state index in [0.29, 0.717) is 5.92 Å². The van der Waals surface area contributed by atoms with Gasteiger partial charge in [0.25, 0.3) is 0 Å². The predicted octanol–water partition coefficient (Wildman–Crippen LogP) is 2.94. The van der Waals surface area contributed by atoms with Crippen molar-refractivity contribution in [3.05, 3.63) is 34.3 Å². The summed E-state index contributed by atoms with van der Waals surface area (Å²) in [6.07, 6.45) is 1.09. The van der Waals surface area contributed by atoms with Crippen molar-refractivity contribution in [2.45, 2.75) is 19.3 Å². The molecule has 1 unspecified atom stereocenters. The molecule has 0 bridgehead atoms. The molecule has 1 aliphatic rings. The van der Waals surface area contributed by atoms with Gasteiger partial charge in [-0.2, -0.15) is 0 Å². The highest BCUT2D eigenvalue weighted by Gasteiger charge is 2.18. The van der Waals surface area contributed by atoms with Crippen LogP contribution in [-0.4, -0.2) is 18.9 Å². The van der Waals surface area contributed by atoms with Gasteiger partial charge in [0, 0.05) is 16.9 Å². The van der Waals surface area contributed by atoms with Crippen LogP contribution in [-0.2, 0) is 0 Å². The Labute approximate surface area is 98.9 Å². The number of nitrogens with zero attached hydrogens (tertiary/aromatic N) is 1. The van der Waals surface area contributed by atoms with Crippen molar-refractivity contribution in [2.75, 3.05) is 13.1 Å². The molecule has 3 heteroatoms. The molecule has 1 N–H and O–H groups in total. The Morgan fingerprint density at radius 2 is 2.40 bits per heavy atom. The number of amidine groups is 1. The molecule has 1 aromatic carbocycles. The summed E-state index contributed by atoms with van der Waals surface area (Å²) in [6, 6.07) is 8.48. The van der Waals surface area contributed by atoms with Crippen LogP contribution in [0, 0.1) is 0 Å². The zero-order valence-electron chi connectivity index (χ0n) is 8.83. The number of benzene rings is 1. The Morgan fingerprint density at radius 1 is 1.53 bits per heavy atom. The molecule has 0 amide bonds. The zero-order chi connectivity index (χ0) is 10.7. The fourth-order valence-corrected chi connectivity index (χ4v) is 2.38. The monoisotopic (exact) mass is 266 g/mol. The minimum absolute atomic E-state index is 0.421. The van der Waals surface area contributed by atoms with Crippen molar-refractivity contribution < 1.29 is 0 Å². The molecule has 80 valence electrons. The number of nitrogens with one attached hydrogen (secondary N) is 1. The van der Waals surface area contributed by atoms with Crippen molar-refractivity contribution in [1.29, 1.82) is 0 Å². The molecule has 0 saturated carbocycles. The summed E-state index contributed by atoms with van der Waals surface area (Å²) in [5.41, 5.74) is 1.33. The van der Waals surface area contributed by atoms with Crippen molar-refractivity contribution in [3.8, 4) is 0 Å². The van der Waals surface area contributed by atoms with E-state index in [4.69, 9.17) is 0 Å². The minimum atomic E-state index is 0.421. The molecule has 0 aromatic heterocycles. The van der Waals surface area contributed by atoms with Crippen LogP contribution in [0.15, 0.2) is 33.7 Å². The van der Waals surface area contributed by atoms with Gasteiger partial charge in [-0.15, -0.1) is 0 Å². The minimum Gasteiger partial charge on any atom is -0.371 e. The van der Waals surface area contributed by atoms with E-state index in [2.05, 4.69) is 57.4 Å². The Bertz CT molecular complexity index is 374. The normalized spacial score (nSPS) is 17.1. The average Bonchev–Trinajstić information content (AvgIpc) is 2.72. The maximum Gasteiger partial charge on any atom is 0.104 e. The molecule has 1 heterocycles. The first-order valence-electron chi connectivity index (χ1n) is 5.35. The lowest BCUT2D eigenvalue weighted by molar-refractivity contribution is 0.814. The van der Waals surface area contributed by atoms with Crippen LogP contribution in [0.4, 0.5) is 0 Å². The van der Waals surface area contributed by atoms with Gasteiger partial charge in [0.15, 0.2) is 0 Å². The zero-order valence-corrected chi connectivity index (χ0v) is 10.4. The molecular formula is C12H15BrN2. The highest BCUT2D eigenvalue weighted by Crippen LogP contribution is 2.24. The second-order valence-electron chi connectivity index (χ2n) is 3.71. The molecule has 0 saturated heterocycles. The van der Waals surface area contributed by atoms with E-state index in [1.54, 1.807) is 0 Å². The first kappa shape index (κ1) is 10.7. The lowest BCUT2D eigenvalue weighted by Gasteiger charge is -2.16. The largest absolute Gasteiger partial charge is 0.371 e. The fraction of sp³-hybridized carbons (Fsp3) is 0.417. The quantitative estimate of drug-likeness (QED) is 0.894. The van der Waals surface area contributed by atoms with Crippen molar-refractivity contribution in [3.63, 3.8) is 0 Å². The van der Waals surface area contributed by atoms with Gasteiger partial charge in [-0.1, -0.05) is 35.0 Å². The first-order valence-corrected chi connectivity index (χ1v) is 6.14. The van der Waals surface area contributed by atoms with E-state index in [1.165, 1.54) is 5.56 Å². The van der Waals surface area contributed by atoms with Crippen LogP contribution in [0.5, 0.6) is 0 Å². The highest BCUT2D eigenvalue weighted by molar-refractivity contribution is 9.10. The fourth-order valence-electron chi connectivity index (χ4n) is 1.96. The Kier molecular flexibility index (Phi) is 3.41. The van der Waals surface area contributed by atoms with Crippen molar-refractivity contribution in [1.82, 2.24) is 5.32 Å². The van der Waals surface area contributed by atoms with E-state index < -0.39 is 0 Å². The second kappa shape index (κ2) is 4.79. The van der Waals surface area contributed by atoms with Gasteiger partial charge in [-0.05, 0) is 24.1 Å². The lowest BCUT2D eigenvalue weighted by atomic mass is 9.95. The smallest absolute Gasteiger partial charge is 0.104 e. The second-order valence-corrected chi connectivity index (χ2v) is 4.63. The van der Waals surface area contributed by atoms with Crippen LogP contribution in [0.25, 0.3) is 0 Å². The first-order chi connectivity index (χ1) is 7.31. The third kappa shape index (κ3) is 2.40. The third-order valence-electron chi connectivity index (χ3n) is 2.69. The maximum atomic E-state index is 4.50. The average molecular weight is 267 g/mol. The van der Waals surface area contributed by atoms with Gasteiger partial charge in [-0.3, -0.25) is 4.99 Å². The number of aliphatic imine (C=N–C) groups is 1. The lowest BCUT2D eigenvalue weighted by Crippen LogP contribution is -2.25. The van der Waals surface area contributed by atoms with E-state index in [0.717, 1.165) is 29.8 Å². The summed E-state index contributed by atoms with van der Waals surface area (Å²) in [4.78, 5) is 4.50. The molecule has 2 rings (SSSR count). The number of hydrogen-bond acceptors (Lipinski definition) is 2. The molecule has 15 heavy (non-hydrogen) atoms. The molecule has 0 fully saturated rings. The van der Waals surface area contributed by atoms with Crippen LogP contribution in [0.2, 0.25) is 0 Å². The molecule has 1 aromatic rings. The Balaban J connectivity index is 2.26. The summed E-state index contributed by atoms with van der Waals surface area (Å²) in [5.74, 6) is 1.57. The molecule has 0 aliphatic carbocycles. The van der Waals surface area contributed by atoms with E-state index in [9.17, 15) is 0 Å². The van der Waals surface area contributed by atoms with Gasteiger partial charge in [0.2, 0.25) is 0 Å². The molecule has 0 spiro atoms. The van der Waals surface area contributed by atoms with Gasteiger partial charge in [0.1, 0.15) is 5.84 Å². The van der Waals surface area contributed by atoms with E-state index in [-0.39, 0.29) is 0 Å². The summed E-state index contributed by atoms with van der Waals surface area (Å²) in [6.45, 7) is 4.10. The standard InChI is InChI=1S/C12H15BrN2/c1-2-11(12-14-6-7-15-12)9-4-3-5-10(13)8-9/h3-5,8,11H,2,6-7H2,1H3,(H,14,15). The summed E-state index contributed by atoms with van der Waals surface area (Å²) in [7, 11) is 0. The Hall–Kier alpha value is -0.830. The molecule has 2 nitrogen and oxygen atoms in total. The van der Waals surface area contributed by atoms with Crippen molar-refractivity contribution in [2.24, 2.45) is 4.99 Å². The maximum absolute atomic E-state index is 4.50. The van der Waals surface area contributed by atoms with Gasteiger partial charge in [-0.25, -0.2) is 0 Å². The van der Waals surface area contributed by atoms with Crippen LogP contribution in [0.1, 0.15) is 24.8 Å². The summed E-state index contributed by atoms with van der Waals surface area (Å²) >= 11 is 3.51. The van der Waals surface area contributed by atoms with Gasteiger partial charge >= 0.3 is 0 Å². The van der Waals surface area contributed by atoms with Crippen LogP contribution < -0.4 is 5.32 Å². The molecule has 1 atom stereocenters. The highest BCUT2D eigenvalue weighted by atomic mass is 79.9. The molecular weight excluding hydrogens is 252 g/mol. The third-order valence-corrected chi connectivity index (χ3v) is 3.18. The number of rotatable bonds is 3. The van der Waals surface area contributed by atoms with E-state index >= 15 is 0 Å². The number of hydrogen-bond donors (Lipinski definition) is 1. The van der Waals surface area contributed by atoms with Crippen molar-refractivity contribution >= 4 is 21.8 Å². The van der Waals surface area contributed by atoms with Crippen LogP contribution >= 0.6 is 15.9 Å². The van der Waals surface area contributed by atoms with Crippen LogP contribution in [0.3, 0.4) is 0 Å².